The maximum atomic E-state index is 12.3. The maximum Gasteiger partial charge on any atom is 0.251 e. The summed E-state index contributed by atoms with van der Waals surface area (Å²) < 4.78 is 5.11. The molecule has 1 aliphatic carbocycles. The van der Waals surface area contributed by atoms with Crippen LogP contribution in [0.5, 0.6) is 5.75 Å². The molecule has 0 bridgehead atoms. The van der Waals surface area contributed by atoms with E-state index in [0.29, 0.717) is 5.56 Å². The molecule has 1 aromatic rings. The van der Waals surface area contributed by atoms with Crippen molar-refractivity contribution in [3.63, 3.8) is 0 Å². The lowest BCUT2D eigenvalue weighted by Gasteiger charge is -2.30. The van der Waals surface area contributed by atoms with Crippen LogP contribution in [0.25, 0.3) is 0 Å². The molecular weight excluding hydrogens is 318 g/mol. The minimum Gasteiger partial charge on any atom is -0.497 e. The average Bonchev–Trinajstić information content (AvgIpc) is 3.18. The molecule has 6 nitrogen and oxygen atoms in total. The van der Waals surface area contributed by atoms with Gasteiger partial charge in [-0.25, -0.2) is 0 Å². The smallest absolute Gasteiger partial charge is 0.251 e. The van der Waals surface area contributed by atoms with Crippen molar-refractivity contribution >= 4 is 11.8 Å². The number of hydrogen-bond acceptors (Lipinski definition) is 4. The molecule has 3 N–H and O–H groups in total. The first-order valence-corrected chi connectivity index (χ1v) is 9.14. The maximum absolute atomic E-state index is 12.3. The normalized spacial score (nSPS) is 26.0. The number of benzene rings is 1. The third kappa shape index (κ3) is 4.72. The van der Waals surface area contributed by atoms with E-state index in [4.69, 9.17) is 4.74 Å². The van der Waals surface area contributed by atoms with Crippen molar-refractivity contribution in [2.45, 2.75) is 56.7 Å². The van der Waals surface area contributed by atoms with Gasteiger partial charge in [-0.3, -0.25) is 9.59 Å². The van der Waals surface area contributed by atoms with Gasteiger partial charge in [-0.15, -0.1) is 0 Å². The van der Waals surface area contributed by atoms with Crippen LogP contribution < -0.4 is 20.7 Å². The minimum absolute atomic E-state index is 0.0208. The van der Waals surface area contributed by atoms with E-state index in [0.717, 1.165) is 50.8 Å². The van der Waals surface area contributed by atoms with E-state index in [-0.39, 0.29) is 29.9 Å². The quantitative estimate of drug-likeness (QED) is 0.757. The average molecular weight is 345 g/mol. The molecule has 1 aliphatic heterocycles. The lowest BCUT2D eigenvalue weighted by molar-refractivity contribution is -0.123. The number of methoxy groups -OCH3 is 1. The Bertz CT molecular complexity index is 588. The fourth-order valence-electron chi connectivity index (χ4n) is 3.60. The number of carbonyl (C=O) groups excluding carboxylic acids is 2. The molecule has 0 spiro atoms. The van der Waals surface area contributed by atoms with Gasteiger partial charge < -0.3 is 20.7 Å². The van der Waals surface area contributed by atoms with E-state index in [1.165, 1.54) is 0 Å². The predicted molar refractivity (Wildman–Crippen MR) is 95.7 cm³/mol. The van der Waals surface area contributed by atoms with Gasteiger partial charge >= 0.3 is 0 Å². The van der Waals surface area contributed by atoms with Gasteiger partial charge in [0.2, 0.25) is 5.91 Å². The van der Waals surface area contributed by atoms with Crippen LogP contribution in [0, 0.1) is 0 Å². The molecule has 1 saturated heterocycles. The van der Waals surface area contributed by atoms with E-state index < -0.39 is 0 Å². The number of carbonyl (C=O) groups is 2. The third-order valence-corrected chi connectivity index (χ3v) is 5.14. The van der Waals surface area contributed by atoms with Gasteiger partial charge in [0.1, 0.15) is 5.75 Å². The Hall–Kier alpha value is -2.08. The molecule has 6 heteroatoms. The van der Waals surface area contributed by atoms with Gasteiger partial charge in [-0.2, -0.15) is 0 Å². The van der Waals surface area contributed by atoms with Crippen molar-refractivity contribution in [2.75, 3.05) is 13.7 Å². The molecule has 25 heavy (non-hydrogen) atoms. The van der Waals surface area contributed by atoms with Gasteiger partial charge in [-0.1, -0.05) is 0 Å². The van der Waals surface area contributed by atoms with Crippen LogP contribution in [0.2, 0.25) is 0 Å². The standard InChI is InChI=1S/C19H27N3O3/c1-25-16-10-4-13(5-11-16)18(23)21-14-6-8-15(9-7-14)22-19(24)17-3-2-12-20-17/h4-5,10-11,14-15,17,20H,2-3,6-9,12H2,1H3,(H,21,23)(H,22,24)/t14?,15?,17-/m1/s1. The molecule has 1 aromatic carbocycles. The molecule has 0 radical (unpaired) electrons. The van der Waals surface area contributed by atoms with Crippen LogP contribution in [0.4, 0.5) is 0 Å². The molecule has 1 atom stereocenters. The molecule has 1 heterocycles. The molecule has 1 saturated carbocycles. The highest BCUT2D eigenvalue weighted by molar-refractivity contribution is 5.94. The van der Waals surface area contributed by atoms with Gasteiger partial charge in [-0.05, 0) is 69.3 Å². The summed E-state index contributed by atoms with van der Waals surface area (Å²) in [6.07, 6.45) is 5.61. The molecule has 3 rings (SSSR count). The van der Waals surface area contributed by atoms with Crippen LogP contribution in [-0.2, 0) is 4.79 Å². The van der Waals surface area contributed by atoms with E-state index in [1.54, 1.807) is 31.4 Å². The van der Waals surface area contributed by atoms with Crippen molar-refractivity contribution in [1.29, 1.82) is 0 Å². The van der Waals surface area contributed by atoms with E-state index in [2.05, 4.69) is 16.0 Å². The number of amides is 2. The summed E-state index contributed by atoms with van der Waals surface area (Å²) in [5.74, 6) is 0.818. The summed E-state index contributed by atoms with van der Waals surface area (Å²) in [5, 5.41) is 9.48. The summed E-state index contributed by atoms with van der Waals surface area (Å²) in [6.45, 7) is 0.933. The van der Waals surface area contributed by atoms with Crippen molar-refractivity contribution in [1.82, 2.24) is 16.0 Å². The Balaban J connectivity index is 1.42. The second-order valence-electron chi connectivity index (χ2n) is 6.91. The van der Waals surface area contributed by atoms with Crippen molar-refractivity contribution in [3.8, 4) is 5.75 Å². The molecule has 2 aliphatic rings. The van der Waals surface area contributed by atoms with Crippen LogP contribution in [0.15, 0.2) is 24.3 Å². The van der Waals surface area contributed by atoms with Gasteiger partial charge in [0, 0.05) is 17.6 Å². The summed E-state index contributed by atoms with van der Waals surface area (Å²) in [7, 11) is 1.61. The lowest BCUT2D eigenvalue weighted by atomic mass is 9.90. The Kier molecular flexibility index (Phi) is 5.91. The molecule has 2 fully saturated rings. The van der Waals surface area contributed by atoms with Crippen LogP contribution in [0.1, 0.15) is 48.9 Å². The number of ether oxygens (including phenoxy) is 1. The van der Waals surface area contributed by atoms with Gasteiger partial charge in [0.15, 0.2) is 0 Å². The highest BCUT2D eigenvalue weighted by Crippen LogP contribution is 2.20. The van der Waals surface area contributed by atoms with Crippen molar-refractivity contribution < 1.29 is 14.3 Å². The molecular formula is C19H27N3O3. The SMILES string of the molecule is COc1ccc(C(=O)NC2CCC(NC(=O)[C@H]3CCCN3)CC2)cc1. The first-order chi connectivity index (χ1) is 12.2. The number of hydrogen-bond donors (Lipinski definition) is 3. The third-order valence-electron chi connectivity index (χ3n) is 5.14. The second kappa shape index (κ2) is 8.34. The largest absolute Gasteiger partial charge is 0.497 e. The molecule has 0 unspecified atom stereocenters. The molecule has 0 aromatic heterocycles. The van der Waals surface area contributed by atoms with E-state index in [9.17, 15) is 9.59 Å². The Labute approximate surface area is 148 Å². The van der Waals surface area contributed by atoms with Crippen molar-refractivity contribution in [2.24, 2.45) is 0 Å². The number of rotatable bonds is 5. The summed E-state index contributed by atoms with van der Waals surface area (Å²) in [4.78, 5) is 24.5. The Morgan fingerprint density at radius 1 is 1.00 bits per heavy atom. The lowest BCUT2D eigenvalue weighted by Crippen LogP contribution is -2.48. The summed E-state index contributed by atoms with van der Waals surface area (Å²) in [5.41, 5.74) is 0.642. The fraction of sp³-hybridized carbons (Fsp3) is 0.579. The fourth-order valence-corrected chi connectivity index (χ4v) is 3.60. The zero-order valence-electron chi connectivity index (χ0n) is 14.7. The Morgan fingerprint density at radius 2 is 1.64 bits per heavy atom. The van der Waals surface area contributed by atoms with Gasteiger partial charge in [0.05, 0.1) is 13.2 Å². The van der Waals surface area contributed by atoms with Crippen molar-refractivity contribution in [3.05, 3.63) is 29.8 Å². The Morgan fingerprint density at radius 3 is 2.20 bits per heavy atom. The predicted octanol–water partition coefficient (Wildman–Crippen LogP) is 1.60. The summed E-state index contributed by atoms with van der Waals surface area (Å²) in [6, 6.07) is 7.50. The second-order valence-corrected chi connectivity index (χ2v) is 6.91. The van der Waals surface area contributed by atoms with Crippen LogP contribution in [-0.4, -0.2) is 43.6 Å². The minimum atomic E-state index is -0.0507. The summed E-state index contributed by atoms with van der Waals surface area (Å²) >= 11 is 0. The topological polar surface area (TPSA) is 79.5 Å². The highest BCUT2D eigenvalue weighted by Gasteiger charge is 2.27. The monoisotopic (exact) mass is 345 g/mol. The number of nitrogens with one attached hydrogen (secondary N) is 3. The van der Waals surface area contributed by atoms with E-state index in [1.807, 2.05) is 0 Å². The van der Waals surface area contributed by atoms with E-state index >= 15 is 0 Å². The van der Waals surface area contributed by atoms with Crippen LogP contribution >= 0.6 is 0 Å². The zero-order valence-corrected chi connectivity index (χ0v) is 14.7. The molecule has 2 amide bonds. The van der Waals surface area contributed by atoms with Crippen LogP contribution in [0.3, 0.4) is 0 Å². The first-order valence-electron chi connectivity index (χ1n) is 9.14. The van der Waals surface area contributed by atoms with Gasteiger partial charge in [0.25, 0.3) is 5.91 Å². The highest BCUT2D eigenvalue weighted by atomic mass is 16.5. The first kappa shape index (κ1) is 17.7. The molecule has 136 valence electrons. The zero-order chi connectivity index (χ0) is 17.6.